The molecule has 0 saturated heterocycles. The molecular formula is C16H25NO2. The Bertz CT molecular complexity index is 402. The minimum absolute atomic E-state index is 0.538. The summed E-state index contributed by atoms with van der Waals surface area (Å²) in [4.78, 5) is 0. The SMILES string of the molecule is CCC(CC)C(CNC)c1ccc2c(c1)OCCO2. The third-order valence-electron chi connectivity index (χ3n) is 4.04. The molecule has 0 spiro atoms. The van der Waals surface area contributed by atoms with E-state index >= 15 is 0 Å². The Labute approximate surface area is 116 Å². The number of benzene rings is 1. The number of nitrogens with one attached hydrogen (secondary N) is 1. The second kappa shape index (κ2) is 6.80. The highest BCUT2D eigenvalue weighted by atomic mass is 16.6. The molecule has 3 nitrogen and oxygen atoms in total. The summed E-state index contributed by atoms with van der Waals surface area (Å²) in [6, 6.07) is 6.40. The first kappa shape index (κ1) is 14.2. The van der Waals surface area contributed by atoms with Crippen LogP contribution in [0.15, 0.2) is 18.2 Å². The highest BCUT2D eigenvalue weighted by Gasteiger charge is 2.22. The molecule has 1 aliphatic heterocycles. The van der Waals surface area contributed by atoms with Gasteiger partial charge in [-0.05, 0) is 36.6 Å². The Balaban J connectivity index is 2.25. The Kier molecular flexibility index (Phi) is 5.08. The van der Waals surface area contributed by atoms with Crippen molar-refractivity contribution in [2.75, 3.05) is 26.8 Å². The van der Waals surface area contributed by atoms with Gasteiger partial charge in [0.25, 0.3) is 0 Å². The van der Waals surface area contributed by atoms with Gasteiger partial charge in [-0.25, -0.2) is 0 Å². The molecule has 1 aromatic carbocycles. The van der Waals surface area contributed by atoms with Crippen LogP contribution in [-0.2, 0) is 0 Å². The quantitative estimate of drug-likeness (QED) is 0.855. The van der Waals surface area contributed by atoms with Crippen LogP contribution in [0.1, 0.15) is 38.2 Å². The van der Waals surface area contributed by atoms with E-state index in [1.54, 1.807) is 0 Å². The number of hydrogen-bond donors (Lipinski definition) is 1. The number of likely N-dealkylation sites (N-methyl/N-ethyl adjacent to an activating group) is 1. The van der Waals surface area contributed by atoms with E-state index in [0.717, 1.165) is 18.0 Å². The van der Waals surface area contributed by atoms with Crippen molar-refractivity contribution in [3.05, 3.63) is 23.8 Å². The van der Waals surface area contributed by atoms with Crippen LogP contribution >= 0.6 is 0 Å². The maximum Gasteiger partial charge on any atom is 0.161 e. The molecule has 0 bridgehead atoms. The summed E-state index contributed by atoms with van der Waals surface area (Å²) < 4.78 is 11.3. The molecule has 1 heterocycles. The molecule has 1 unspecified atom stereocenters. The van der Waals surface area contributed by atoms with Gasteiger partial charge in [-0.3, -0.25) is 0 Å². The number of rotatable bonds is 6. The molecule has 106 valence electrons. The molecule has 3 heteroatoms. The van der Waals surface area contributed by atoms with Crippen LogP contribution in [0, 0.1) is 5.92 Å². The van der Waals surface area contributed by atoms with E-state index in [2.05, 4.69) is 37.4 Å². The largest absolute Gasteiger partial charge is 0.486 e. The van der Waals surface area contributed by atoms with Gasteiger partial charge in [0.1, 0.15) is 13.2 Å². The van der Waals surface area contributed by atoms with Gasteiger partial charge in [0.15, 0.2) is 11.5 Å². The van der Waals surface area contributed by atoms with Crippen LogP contribution in [0.4, 0.5) is 0 Å². The molecule has 0 radical (unpaired) electrons. The van der Waals surface area contributed by atoms with Crippen LogP contribution < -0.4 is 14.8 Å². The fourth-order valence-corrected chi connectivity index (χ4v) is 2.92. The average Bonchev–Trinajstić information content (AvgIpc) is 2.47. The number of hydrogen-bond acceptors (Lipinski definition) is 3. The molecular weight excluding hydrogens is 238 g/mol. The zero-order chi connectivity index (χ0) is 13.7. The van der Waals surface area contributed by atoms with E-state index in [9.17, 15) is 0 Å². The Morgan fingerprint density at radius 2 is 1.79 bits per heavy atom. The Morgan fingerprint density at radius 1 is 1.11 bits per heavy atom. The summed E-state index contributed by atoms with van der Waals surface area (Å²) >= 11 is 0. The maximum atomic E-state index is 5.69. The summed E-state index contributed by atoms with van der Waals surface area (Å²) in [5.74, 6) is 3.02. The molecule has 0 aromatic heterocycles. The highest BCUT2D eigenvalue weighted by Crippen LogP contribution is 2.36. The molecule has 0 fully saturated rings. The average molecular weight is 263 g/mol. The van der Waals surface area contributed by atoms with Gasteiger partial charge in [0.2, 0.25) is 0 Å². The van der Waals surface area contributed by atoms with Crippen molar-refractivity contribution < 1.29 is 9.47 Å². The predicted molar refractivity (Wildman–Crippen MR) is 78.2 cm³/mol. The maximum absolute atomic E-state index is 5.69. The monoisotopic (exact) mass is 263 g/mol. The lowest BCUT2D eigenvalue weighted by atomic mass is 9.82. The van der Waals surface area contributed by atoms with E-state index in [0.29, 0.717) is 25.0 Å². The van der Waals surface area contributed by atoms with E-state index in [1.165, 1.54) is 18.4 Å². The standard InChI is InChI=1S/C16H25NO2/c1-4-12(5-2)14(11-17-3)13-6-7-15-16(10-13)19-9-8-18-15/h6-7,10,12,14,17H,4-5,8-9,11H2,1-3H3. The van der Waals surface area contributed by atoms with Crippen LogP contribution in [0.3, 0.4) is 0 Å². The topological polar surface area (TPSA) is 30.5 Å². The molecule has 1 atom stereocenters. The van der Waals surface area contributed by atoms with E-state index in [4.69, 9.17) is 9.47 Å². The van der Waals surface area contributed by atoms with Gasteiger partial charge >= 0.3 is 0 Å². The Hall–Kier alpha value is -1.22. The molecule has 1 aromatic rings. The second-order valence-electron chi connectivity index (χ2n) is 5.14. The second-order valence-corrected chi connectivity index (χ2v) is 5.14. The van der Waals surface area contributed by atoms with Gasteiger partial charge in [0.05, 0.1) is 0 Å². The van der Waals surface area contributed by atoms with Gasteiger partial charge in [-0.15, -0.1) is 0 Å². The molecule has 19 heavy (non-hydrogen) atoms. The van der Waals surface area contributed by atoms with Crippen LogP contribution in [0.25, 0.3) is 0 Å². The highest BCUT2D eigenvalue weighted by molar-refractivity contribution is 5.45. The molecule has 0 aliphatic carbocycles. The normalized spacial score (nSPS) is 15.6. The Morgan fingerprint density at radius 3 is 2.42 bits per heavy atom. The lowest BCUT2D eigenvalue weighted by Gasteiger charge is -2.27. The van der Waals surface area contributed by atoms with E-state index in [1.807, 2.05) is 7.05 Å². The number of fused-ring (bicyclic) bond motifs is 1. The number of ether oxygens (including phenoxy) is 2. The lowest BCUT2D eigenvalue weighted by molar-refractivity contribution is 0.171. The van der Waals surface area contributed by atoms with Crippen molar-refractivity contribution in [2.45, 2.75) is 32.6 Å². The first-order valence-electron chi connectivity index (χ1n) is 7.34. The fourth-order valence-electron chi connectivity index (χ4n) is 2.92. The van der Waals surface area contributed by atoms with Crippen molar-refractivity contribution >= 4 is 0 Å². The van der Waals surface area contributed by atoms with Gasteiger partial charge in [-0.1, -0.05) is 32.8 Å². The molecule has 2 rings (SSSR count). The minimum Gasteiger partial charge on any atom is -0.486 e. The molecule has 1 N–H and O–H groups in total. The van der Waals surface area contributed by atoms with Crippen LogP contribution in [-0.4, -0.2) is 26.8 Å². The van der Waals surface area contributed by atoms with Crippen LogP contribution in [0.5, 0.6) is 11.5 Å². The first-order valence-corrected chi connectivity index (χ1v) is 7.34. The van der Waals surface area contributed by atoms with Gasteiger partial charge in [-0.2, -0.15) is 0 Å². The molecule has 1 aliphatic rings. The van der Waals surface area contributed by atoms with Crippen molar-refractivity contribution in [3.63, 3.8) is 0 Å². The third-order valence-corrected chi connectivity index (χ3v) is 4.04. The first-order chi connectivity index (χ1) is 9.30. The van der Waals surface area contributed by atoms with Gasteiger partial charge < -0.3 is 14.8 Å². The summed E-state index contributed by atoms with van der Waals surface area (Å²) in [5.41, 5.74) is 1.35. The summed E-state index contributed by atoms with van der Waals surface area (Å²) in [7, 11) is 2.02. The van der Waals surface area contributed by atoms with Crippen LogP contribution in [0.2, 0.25) is 0 Å². The lowest BCUT2D eigenvalue weighted by Crippen LogP contribution is -2.24. The predicted octanol–water partition coefficient (Wildman–Crippen LogP) is 3.20. The minimum atomic E-state index is 0.538. The summed E-state index contributed by atoms with van der Waals surface area (Å²) in [6.45, 7) is 6.85. The molecule has 0 saturated carbocycles. The van der Waals surface area contributed by atoms with E-state index < -0.39 is 0 Å². The van der Waals surface area contributed by atoms with Gasteiger partial charge in [0, 0.05) is 6.54 Å². The van der Waals surface area contributed by atoms with E-state index in [-0.39, 0.29) is 0 Å². The fraction of sp³-hybridized carbons (Fsp3) is 0.625. The zero-order valence-electron chi connectivity index (χ0n) is 12.2. The summed E-state index contributed by atoms with van der Waals surface area (Å²) in [6.07, 6.45) is 2.41. The van der Waals surface area contributed by atoms with Crippen molar-refractivity contribution in [1.82, 2.24) is 5.32 Å². The van der Waals surface area contributed by atoms with Crippen molar-refractivity contribution in [1.29, 1.82) is 0 Å². The zero-order valence-corrected chi connectivity index (χ0v) is 12.2. The third kappa shape index (κ3) is 3.21. The smallest absolute Gasteiger partial charge is 0.161 e. The van der Waals surface area contributed by atoms with Crippen molar-refractivity contribution in [3.8, 4) is 11.5 Å². The summed E-state index contributed by atoms with van der Waals surface area (Å²) in [5, 5.41) is 3.32. The van der Waals surface area contributed by atoms with Crippen molar-refractivity contribution in [2.24, 2.45) is 5.92 Å². The molecule has 0 amide bonds.